The first-order valence-corrected chi connectivity index (χ1v) is 31.7. The van der Waals surface area contributed by atoms with Crippen molar-refractivity contribution >= 4 is 29.4 Å². The first-order chi connectivity index (χ1) is 32.8. The number of hydrogen-bond donors (Lipinski definition) is 2. The van der Waals surface area contributed by atoms with E-state index >= 15 is 0 Å². The lowest BCUT2D eigenvalue weighted by Gasteiger charge is -2.33. The van der Waals surface area contributed by atoms with Crippen molar-refractivity contribution in [1.29, 1.82) is 0 Å². The van der Waals surface area contributed by atoms with E-state index in [0.29, 0.717) is 11.8 Å². The van der Waals surface area contributed by atoms with Gasteiger partial charge in [-0.15, -0.1) is 17.3 Å². The normalized spacial score (nSPS) is 14.0. The number of hydrazine groups is 2. The smallest absolute Gasteiger partial charge is 0.167 e. The molecule has 1 heterocycles. The summed E-state index contributed by atoms with van der Waals surface area (Å²) in [4.78, 5) is 2.45. The molecule has 5 nitrogen and oxygen atoms in total. The summed E-state index contributed by atoms with van der Waals surface area (Å²) < 4.78 is 2.44. The van der Waals surface area contributed by atoms with Gasteiger partial charge in [0, 0.05) is 35.7 Å². The third kappa shape index (κ3) is 26.5. The summed E-state index contributed by atoms with van der Waals surface area (Å²) >= 11 is 4.06. The van der Waals surface area contributed by atoms with Gasteiger partial charge in [-0.2, -0.15) is 0 Å². The lowest BCUT2D eigenvalue weighted by atomic mass is 9.79. The van der Waals surface area contributed by atoms with Gasteiger partial charge in [0.2, 0.25) is 0 Å². The highest BCUT2D eigenvalue weighted by Crippen LogP contribution is 2.45. The zero-order chi connectivity index (χ0) is 49.9. The van der Waals surface area contributed by atoms with Gasteiger partial charge in [-0.05, 0) is 66.3 Å². The fourth-order valence-corrected chi connectivity index (χ4v) is 12.3. The molecule has 1 unspecified atom stereocenters. The average molecular weight is 986 g/mol. The molecule has 7 heteroatoms. The Labute approximate surface area is 434 Å². The van der Waals surface area contributed by atoms with Crippen molar-refractivity contribution in [3.05, 3.63) is 34.1 Å². The van der Waals surface area contributed by atoms with Gasteiger partial charge in [0.1, 0.15) is 10.8 Å². The lowest BCUT2D eigenvalue weighted by molar-refractivity contribution is 0.131. The maximum Gasteiger partial charge on any atom is 0.167 e. The average Bonchev–Trinajstić information content (AvgIpc) is 3.66. The van der Waals surface area contributed by atoms with E-state index in [2.05, 4.69) is 120 Å². The summed E-state index contributed by atoms with van der Waals surface area (Å²) in [5, 5.41) is 15.7. The van der Waals surface area contributed by atoms with Crippen molar-refractivity contribution in [2.75, 3.05) is 23.5 Å². The second-order valence-electron chi connectivity index (χ2n) is 23.2. The Morgan fingerprint density at radius 1 is 0.485 bits per heavy atom. The van der Waals surface area contributed by atoms with Crippen LogP contribution in [0.15, 0.2) is 23.0 Å². The Kier molecular flexibility index (Phi) is 35.6. The fourth-order valence-electron chi connectivity index (χ4n) is 10.0. The molecule has 0 fully saturated rings. The molecule has 68 heavy (non-hydrogen) atoms. The summed E-state index contributed by atoms with van der Waals surface area (Å²) in [6.45, 7) is 22.7. The second kappa shape index (κ2) is 38.4. The maximum absolute atomic E-state index is 11.8. The zero-order valence-corrected chi connectivity index (χ0v) is 49.0. The molecule has 0 spiro atoms. The van der Waals surface area contributed by atoms with Gasteiger partial charge in [0.25, 0.3) is 0 Å². The highest BCUT2D eigenvalue weighted by atomic mass is 32.2. The number of rotatable bonds is 44. The van der Waals surface area contributed by atoms with Crippen molar-refractivity contribution in [1.82, 2.24) is 15.0 Å². The van der Waals surface area contributed by atoms with Gasteiger partial charge in [-0.25, -0.2) is 4.41 Å². The van der Waals surface area contributed by atoms with Crippen LogP contribution in [-0.2, 0) is 10.8 Å². The Bertz CT molecular complexity index is 1370. The number of hydrogen-bond acceptors (Lipinski definition) is 7. The predicted octanol–water partition coefficient (Wildman–Crippen LogP) is 20.9. The summed E-state index contributed by atoms with van der Waals surface area (Å²) in [5.74, 6) is 3.97. The van der Waals surface area contributed by atoms with E-state index in [-0.39, 0.29) is 10.8 Å². The number of benzene rings is 1. The Morgan fingerprint density at radius 2 is 0.838 bits per heavy atom. The predicted molar refractivity (Wildman–Crippen MR) is 310 cm³/mol. The van der Waals surface area contributed by atoms with Crippen molar-refractivity contribution in [2.45, 2.75) is 324 Å². The summed E-state index contributed by atoms with van der Waals surface area (Å²) in [6, 6.07) is 5.00. The van der Waals surface area contributed by atoms with Gasteiger partial charge in [-0.1, -0.05) is 281 Å². The van der Waals surface area contributed by atoms with Crippen LogP contribution < -0.4 is 10.4 Å². The molecule has 0 aromatic heterocycles. The molecule has 0 amide bonds. The van der Waals surface area contributed by atoms with Crippen LogP contribution >= 0.6 is 23.7 Å². The monoisotopic (exact) mass is 985 g/mol. The number of aromatic hydroxyl groups is 1. The molecule has 0 radical (unpaired) electrons. The molecule has 1 aliphatic rings. The first kappa shape index (κ1) is 62.9. The molecule has 1 aromatic carbocycles. The molecule has 398 valence electrons. The highest BCUT2D eigenvalue weighted by molar-refractivity contribution is 8.03. The van der Waals surface area contributed by atoms with Gasteiger partial charge >= 0.3 is 0 Å². The number of unbranched alkanes of at least 4 members (excludes halogenated alkanes) is 31. The van der Waals surface area contributed by atoms with E-state index in [4.69, 9.17) is 0 Å². The van der Waals surface area contributed by atoms with Crippen molar-refractivity contribution in [3.63, 3.8) is 0 Å². The van der Waals surface area contributed by atoms with E-state index in [1.165, 1.54) is 248 Å². The molecule has 2 rings (SSSR count). The van der Waals surface area contributed by atoms with Crippen LogP contribution in [0.4, 0.5) is 5.69 Å². The minimum absolute atomic E-state index is 0.186. The van der Waals surface area contributed by atoms with E-state index in [9.17, 15) is 5.11 Å². The molecular weight excluding hydrogens is 869 g/mol. The minimum atomic E-state index is -0.186. The van der Waals surface area contributed by atoms with Gasteiger partial charge < -0.3 is 10.0 Å². The molecule has 1 atom stereocenters. The van der Waals surface area contributed by atoms with Crippen LogP contribution in [0.3, 0.4) is 0 Å². The quantitative estimate of drug-likeness (QED) is 0.0499. The molecule has 2 N–H and O–H groups in total. The zero-order valence-electron chi connectivity index (χ0n) is 47.4. The van der Waals surface area contributed by atoms with Gasteiger partial charge in [-0.3, -0.25) is 5.01 Å². The Balaban J connectivity index is 2.13. The number of anilines is 1. The maximum atomic E-state index is 11.8. The van der Waals surface area contributed by atoms with Crippen molar-refractivity contribution in [2.24, 2.45) is 0 Å². The number of phenolic OH excluding ortho intramolecular Hbond substituents is 1. The van der Waals surface area contributed by atoms with Crippen LogP contribution in [0.2, 0.25) is 0 Å². The number of nitrogens with one attached hydrogen (secondary N) is 1. The topological polar surface area (TPSA) is 42.0 Å². The summed E-state index contributed by atoms with van der Waals surface area (Å²) in [6.07, 6.45) is 51.0. The van der Waals surface area contributed by atoms with Crippen LogP contribution in [0.25, 0.3) is 0 Å². The van der Waals surface area contributed by atoms with Crippen LogP contribution in [-0.4, -0.2) is 39.1 Å². The van der Waals surface area contributed by atoms with Gasteiger partial charge in [0.15, 0.2) is 5.82 Å². The standard InChI is InChI=1S/C61H116N4OS2/c1-12-16-19-21-23-25-27-29-31-33-35-37-39-41-43-45-49-67-59-58(63(11)54-51-55(60(5,6)7)57(66)56(52-54)61(8,9)10)65(62-64(59)53(47-15-4)48-18-14-3)68-50-46-44-42-40-38-36-34-32-30-28-26-24-22-20-17-13-2/h51-53,62,66H,12-50H2,1-11H3. The molecule has 0 saturated carbocycles. The molecule has 0 bridgehead atoms. The number of thioether (sulfide) groups is 1. The summed E-state index contributed by atoms with van der Waals surface area (Å²) in [7, 11) is 2.28. The first-order valence-electron chi connectivity index (χ1n) is 29.8. The Hall–Kier alpha value is -1.18. The van der Waals surface area contributed by atoms with E-state index in [0.717, 1.165) is 28.3 Å². The molecule has 0 saturated heterocycles. The fraction of sp³-hybridized carbons (Fsp3) is 0.869. The lowest BCUT2D eigenvalue weighted by Crippen LogP contribution is -2.45. The van der Waals surface area contributed by atoms with E-state index in [1.807, 2.05) is 11.9 Å². The molecular formula is C61H116N4OS2. The van der Waals surface area contributed by atoms with Crippen LogP contribution in [0, 0.1) is 0 Å². The third-order valence-electron chi connectivity index (χ3n) is 14.5. The third-order valence-corrected chi connectivity index (χ3v) is 16.7. The second-order valence-corrected chi connectivity index (χ2v) is 25.3. The van der Waals surface area contributed by atoms with Crippen molar-refractivity contribution in [3.8, 4) is 5.75 Å². The largest absolute Gasteiger partial charge is 0.507 e. The van der Waals surface area contributed by atoms with Gasteiger partial charge in [0.05, 0.1) is 0 Å². The number of phenols is 1. The van der Waals surface area contributed by atoms with Crippen LogP contribution in [0.5, 0.6) is 5.75 Å². The summed E-state index contributed by atoms with van der Waals surface area (Å²) in [5.41, 5.74) is 6.88. The SMILES string of the molecule is CCCCCCCCCCCCCCCCCCSC1=C(N(C)c2cc(C(C)(C)C)c(O)c(C(C)(C)C)c2)N(SCCCCCCCCCCCCCCCCCC)NN1C(CCC)CCCC. The molecule has 1 aliphatic heterocycles. The van der Waals surface area contributed by atoms with E-state index in [1.54, 1.807) is 0 Å². The Morgan fingerprint density at radius 3 is 1.19 bits per heavy atom. The molecule has 0 aliphatic carbocycles. The number of nitrogens with zero attached hydrogens (tertiary/aromatic N) is 3. The highest BCUT2D eigenvalue weighted by Gasteiger charge is 2.37. The van der Waals surface area contributed by atoms with E-state index < -0.39 is 0 Å². The van der Waals surface area contributed by atoms with Crippen LogP contribution in [0.1, 0.15) is 318 Å². The van der Waals surface area contributed by atoms with Crippen molar-refractivity contribution < 1.29 is 5.11 Å². The molecule has 1 aromatic rings. The minimum Gasteiger partial charge on any atom is -0.507 e.